The molecule has 10 heteroatoms. The highest BCUT2D eigenvalue weighted by atomic mass is 127. The number of nitrogens with one attached hydrogen (secondary N) is 2. The normalized spacial score (nSPS) is 12.8. The highest BCUT2D eigenvalue weighted by Gasteiger charge is 2.22. The van der Waals surface area contributed by atoms with Crippen molar-refractivity contribution in [3.8, 4) is 11.5 Å². The molecule has 1 aliphatic heterocycles. The predicted octanol–water partition coefficient (Wildman–Crippen LogP) is 3.90. The Labute approximate surface area is 209 Å². The quantitative estimate of drug-likeness (QED) is 0.206. The molecule has 3 rings (SSSR count). The molecule has 180 valence electrons. The number of amides is 1. The number of guanidine groups is 1. The van der Waals surface area contributed by atoms with Crippen molar-refractivity contribution in [2.75, 3.05) is 20.7 Å². The maximum absolute atomic E-state index is 12.7. The summed E-state index contributed by atoms with van der Waals surface area (Å²) in [5.74, 6) is 1.22. The Balaban J connectivity index is 0.00000385. The van der Waals surface area contributed by atoms with E-state index in [0.717, 1.165) is 0 Å². The Morgan fingerprint density at radius 1 is 1.15 bits per heavy atom. The van der Waals surface area contributed by atoms with Crippen molar-refractivity contribution in [3.05, 3.63) is 59.2 Å². The molecule has 7 nitrogen and oxygen atoms in total. The van der Waals surface area contributed by atoms with Crippen LogP contribution in [0.5, 0.6) is 11.5 Å². The molecule has 2 N–H and O–H groups in total. The van der Waals surface area contributed by atoms with Crippen molar-refractivity contribution >= 4 is 35.8 Å². The van der Waals surface area contributed by atoms with E-state index in [0.29, 0.717) is 49.7 Å². The third kappa shape index (κ3) is 7.72. The van der Waals surface area contributed by atoms with Gasteiger partial charge in [0.2, 0.25) is 5.91 Å². The highest BCUT2D eigenvalue weighted by Crippen LogP contribution is 2.26. The van der Waals surface area contributed by atoms with Crippen LogP contribution in [0.4, 0.5) is 8.78 Å². The number of rotatable bonds is 9. The van der Waals surface area contributed by atoms with Crippen LogP contribution >= 0.6 is 24.0 Å². The van der Waals surface area contributed by atoms with E-state index < -0.39 is 6.61 Å². The lowest BCUT2D eigenvalue weighted by Crippen LogP contribution is -2.37. The van der Waals surface area contributed by atoms with Crippen molar-refractivity contribution in [3.63, 3.8) is 0 Å². The lowest BCUT2D eigenvalue weighted by Gasteiger charge is -2.17. The summed E-state index contributed by atoms with van der Waals surface area (Å²) in [4.78, 5) is 18.5. The fourth-order valence-corrected chi connectivity index (χ4v) is 3.55. The second-order valence-corrected chi connectivity index (χ2v) is 7.33. The van der Waals surface area contributed by atoms with Crippen molar-refractivity contribution < 1.29 is 23.0 Å². The van der Waals surface area contributed by atoms with E-state index in [9.17, 15) is 13.6 Å². The first-order chi connectivity index (χ1) is 15.5. The van der Waals surface area contributed by atoms with E-state index in [4.69, 9.17) is 4.74 Å². The van der Waals surface area contributed by atoms with E-state index in [-0.39, 0.29) is 42.2 Å². The topological polar surface area (TPSA) is 75.2 Å². The first-order valence-corrected chi connectivity index (χ1v) is 10.4. The average molecular weight is 574 g/mol. The predicted molar refractivity (Wildman–Crippen MR) is 133 cm³/mol. The summed E-state index contributed by atoms with van der Waals surface area (Å²) in [6, 6.07) is 12.7. The largest absolute Gasteiger partial charge is 0.497 e. The molecule has 1 heterocycles. The summed E-state index contributed by atoms with van der Waals surface area (Å²) in [6.45, 7) is -0.834. The molecule has 0 aliphatic carbocycles. The first kappa shape index (κ1) is 26.6. The van der Waals surface area contributed by atoms with Crippen LogP contribution in [0, 0.1) is 0 Å². The number of hydrogen-bond acceptors (Lipinski definition) is 4. The lowest BCUT2D eigenvalue weighted by molar-refractivity contribution is -0.131. The number of methoxy groups -OCH3 is 1. The summed E-state index contributed by atoms with van der Waals surface area (Å²) in [7, 11) is 3.12. The molecule has 0 spiro atoms. The van der Waals surface area contributed by atoms with Crippen LogP contribution in [0.3, 0.4) is 0 Å². The molecule has 2 aromatic carbocycles. The van der Waals surface area contributed by atoms with Crippen molar-refractivity contribution in [2.45, 2.75) is 39.1 Å². The minimum absolute atomic E-state index is 0. The first-order valence-electron chi connectivity index (χ1n) is 10.4. The zero-order chi connectivity index (χ0) is 22.9. The van der Waals surface area contributed by atoms with Gasteiger partial charge in [-0.05, 0) is 35.7 Å². The third-order valence-corrected chi connectivity index (χ3v) is 5.21. The number of carbonyl (C=O) groups excluding carboxylic acids is 1. The number of hydrogen-bond donors (Lipinski definition) is 2. The number of carbonyl (C=O) groups is 1. The third-order valence-electron chi connectivity index (χ3n) is 5.21. The molecule has 33 heavy (non-hydrogen) atoms. The molecule has 0 aromatic heterocycles. The van der Waals surface area contributed by atoms with Gasteiger partial charge in [0.25, 0.3) is 0 Å². The number of fused-ring (bicyclic) bond motifs is 1. The highest BCUT2D eigenvalue weighted by molar-refractivity contribution is 14.0. The van der Waals surface area contributed by atoms with Gasteiger partial charge in [0.15, 0.2) is 5.96 Å². The number of benzene rings is 2. The van der Waals surface area contributed by atoms with Crippen LogP contribution in [-0.4, -0.2) is 44.1 Å². The van der Waals surface area contributed by atoms with Gasteiger partial charge in [-0.15, -0.1) is 24.0 Å². The van der Waals surface area contributed by atoms with Crippen LogP contribution in [-0.2, 0) is 24.4 Å². The Morgan fingerprint density at radius 3 is 2.45 bits per heavy atom. The van der Waals surface area contributed by atoms with E-state index in [1.54, 1.807) is 19.2 Å². The van der Waals surface area contributed by atoms with Crippen LogP contribution in [0.25, 0.3) is 0 Å². The Bertz CT molecular complexity index is 934. The number of ether oxygens (including phenoxy) is 2. The smallest absolute Gasteiger partial charge is 0.387 e. The van der Waals surface area contributed by atoms with E-state index in [1.165, 1.54) is 24.3 Å². The van der Waals surface area contributed by atoms with Crippen LogP contribution in [0.2, 0.25) is 0 Å². The molecule has 1 amide bonds. The zero-order valence-electron chi connectivity index (χ0n) is 18.6. The standard InChI is InChI=1S/C23H28F2N4O3.HI/c1-26-23(28-13-18-12-19(31-2)9-10-20(18)32-22(24)25)27-11-5-8-21(30)29-14-16-6-3-4-7-17(16)15-29;/h3-4,6-7,9-10,12,22H,5,8,11,13-15H2,1-2H3,(H2,26,27,28);1H. The van der Waals surface area contributed by atoms with Gasteiger partial charge in [0.1, 0.15) is 11.5 Å². The minimum Gasteiger partial charge on any atom is -0.497 e. The van der Waals surface area contributed by atoms with Gasteiger partial charge in [-0.25, -0.2) is 0 Å². The van der Waals surface area contributed by atoms with Gasteiger partial charge in [-0.3, -0.25) is 9.79 Å². The summed E-state index contributed by atoms with van der Waals surface area (Å²) in [5, 5.41) is 6.21. The van der Waals surface area contributed by atoms with Gasteiger partial charge in [0, 0.05) is 45.2 Å². The average Bonchev–Trinajstić information content (AvgIpc) is 3.23. The molecule has 0 fully saturated rings. The zero-order valence-corrected chi connectivity index (χ0v) is 21.0. The summed E-state index contributed by atoms with van der Waals surface area (Å²) in [5.41, 5.74) is 2.92. The fourth-order valence-electron chi connectivity index (χ4n) is 3.55. The summed E-state index contributed by atoms with van der Waals surface area (Å²) in [6.07, 6.45) is 1.07. The number of aliphatic imine (C=N–C) groups is 1. The Morgan fingerprint density at radius 2 is 1.85 bits per heavy atom. The number of alkyl halides is 2. The molecule has 0 bridgehead atoms. The molecular formula is C23H29F2IN4O3. The molecule has 0 radical (unpaired) electrons. The number of nitrogens with zero attached hydrogens (tertiary/aromatic N) is 2. The Kier molecular flexibility index (Phi) is 10.6. The maximum atomic E-state index is 12.7. The molecule has 1 aliphatic rings. The fraction of sp³-hybridized carbons (Fsp3) is 0.391. The number of halogens is 3. The maximum Gasteiger partial charge on any atom is 0.387 e. The van der Waals surface area contributed by atoms with E-state index in [1.807, 2.05) is 17.0 Å². The lowest BCUT2D eigenvalue weighted by atomic mass is 10.1. The second-order valence-electron chi connectivity index (χ2n) is 7.33. The van der Waals surface area contributed by atoms with E-state index in [2.05, 4.69) is 32.5 Å². The molecule has 2 aromatic rings. The Hall–Kier alpha value is -2.63. The van der Waals surface area contributed by atoms with Crippen molar-refractivity contribution in [1.29, 1.82) is 0 Å². The van der Waals surface area contributed by atoms with Crippen molar-refractivity contribution in [2.24, 2.45) is 4.99 Å². The minimum atomic E-state index is -2.92. The summed E-state index contributed by atoms with van der Waals surface area (Å²) < 4.78 is 35.1. The van der Waals surface area contributed by atoms with Crippen LogP contribution in [0.1, 0.15) is 29.5 Å². The van der Waals surface area contributed by atoms with Gasteiger partial charge in [-0.2, -0.15) is 8.78 Å². The molecular weight excluding hydrogens is 545 g/mol. The summed E-state index contributed by atoms with van der Waals surface area (Å²) >= 11 is 0. The molecule has 0 saturated heterocycles. The molecule has 0 atom stereocenters. The van der Waals surface area contributed by atoms with Gasteiger partial charge >= 0.3 is 6.61 Å². The van der Waals surface area contributed by atoms with Gasteiger partial charge < -0.3 is 25.0 Å². The monoisotopic (exact) mass is 574 g/mol. The van der Waals surface area contributed by atoms with Crippen LogP contribution < -0.4 is 20.1 Å². The van der Waals surface area contributed by atoms with E-state index >= 15 is 0 Å². The van der Waals surface area contributed by atoms with Crippen molar-refractivity contribution in [1.82, 2.24) is 15.5 Å². The van der Waals surface area contributed by atoms with Crippen LogP contribution in [0.15, 0.2) is 47.5 Å². The van der Waals surface area contributed by atoms with Gasteiger partial charge in [0.05, 0.1) is 7.11 Å². The second kappa shape index (κ2) is 13.2. The SMILES string of the molecule is CN=C(NCCCC(=O)N1Cc2ccccc2C1)NCc1cc(OC)ccc1OC(F)F.I. The van der Waals surface area contributed by atoms with Gasteiger partial charge in [-0.1, -0.05) is 24.3 Å². The molecule has 0 saturated carbocycles. The molecule has 0 unspecified atom stereocenters.